The van der Waals surface area contributed by atoms with E-state index in [1.54, 1.807) is 24.3 Å². The highest BCUT2D eigenvalue weighted by atomic mass is 32.2. The number of urea groups is 1. The van der Waals surface area contributed by atoms with Crippen LogP contribution in [0.2, 0.25) is 0 Å². The molecule has 9 heteroatoms. The first kappa shape index (κ1) is 18.9. The van der Waals surface area contributed by atoms with E-state index in [9.17, 15) is 9.59 Å². The third kappa shape index (κ3) is 5.53. The third-order valence-electron chi connectivity index (χ3n) is 3.40. The van der Waals surface area contributed by atoms with Crippen LogP contribution in [0, 0.1) is 0 Å². The van der Waals surface area contributed by atoms with E-state index in [-0.39, 0.29) is 12.0 Å². The van der Waals surface area contributed by atoms with E-state index >= 15 is 0 Å². The van der Waals surface area contributed by atoms with Crippen LogP contribution in [-0.4, -0.2) is 29.3 Å². The predicted molar refractivity (Wildman–Crippen MR) is 106 cm³/mol. The van der Waals surface area contributed by atoms with Crippen LogP contribution in [0.25, 0.3) is 0 Å². The molecular weight excluding hydrogens is 384 g/mol. The number of ether oxygens (including phenoxy) is 1. The number of anilines is 2. The van der Waals surface area contributed by atoms with Crippen LogP contribution in [0.15, 0.2) is 58.9 Å². The van der Waals surface area contributed by atoms with Gasteiger partial charge in [-0.05, 0) is 29.8 Å². The van der Waals surface area contributed by atoms with Crippen molar-refractivity contribution in [1.29, 1.82) is 0 Å². The molecule has 27 heavy (non-hydrogen) atoms. The molecule has 0 fully saturated rings. The molecule has 0 saturated heterocycles. The number of hydrogen-bond donors (Lipinski definition) is 2. The number of rotatable bonds is 6. The highest BCUT2D eigenvalue weighted by Gasteiger charge is 2.10. The molecule has 0 unspecified atom stereocenters. The first-order valence-corrected chi connectivity index (χ1v) is 9.71. The smallest absolute Gasteiger partial charge is 0.337 e. The zero-order valence-electron chi connectivity index (χ0n) is 14.3. The summed E-state index contributed by atoms with van der Waals surface area (Å²) in [5.41, 5.74) is 2.25. The molecule has 0 aliphatic heterocycles. The Morgan fingerprint density at radius 2 is 1.78 bits per heavy atom. The van der Waals surface area contributed by atoms with E-state index in [4.69, 9.17) is 0 Å². The molecule has 0 radical (unpaired) electrons. The van der Waals surface area contributed by atoms with Gasteiger partial charge >= 0.3 is 12.0 Å². The fraction of sp³-hybridized carbons (Fsp3) is 0.111. The number of para-hydroxylation sites is 1. The van der Waals surface area contributed by atoms with Gasteiger partial charge in [0.05, 0.1) is 12.7 Å². The van der Waals surface area contributed by atoms with Gasteiger partial charge in [-0.1, -0.05) is 53.4 Å². The maximum atomic E-state index is 12.0. The Morgan fingerprint density at radius 1 is 1.04 bits per heavy atom. The molecule has 3 aromatic rings. The van der Waals surface area contributed by atoms with Gasteiger partial charge in [0.25, 0.3) is 0 Å². The van der Waals surface area contributed by atoms with Gasteiger partial charge in [0, 0.05) is 11.4 Å². The number of nitrogens with one attached hydrogen (secondary N) is 2. The molecule has 138 valence electrons. The summed E-state index contributed by atoms with van der Waals surface area (Å²) in [7, 11) is 1.35. The highest BCUT2D eigenvalue weighted by Crippen LogP contribution is 2.28. The molecule has 3 rings (SSSR count). The minimum Gasteiger partial charge on any atom is -0.465 e. The maximum absolute atomic E-state index is 12.0. The Morgan fingerprint density at radius 3 is 2.48 bits per heavy atom. The Balaban J connectivity index is 1.50. The average molecular weight is 400 g/mol. The van der Waals surface area contributed by atoms with Crippen molar-refractivity contribution in [2.45, 2.75) is 10.1 Å². The van der Waals surface area contributed by atoms with Gasteiger partial charge in [-0.25, -0.2) is 9.59 Å². The average Bonchev–Trinajstić information content (AvgIpc) is 3.14. The number of carbonyl (C=O) groups excluding carboxylic acids is 2. The van der Waals surface area contributed by atoms with E-state index in [1.807, 2.05) is 30.3 Å². The van der Waals surface area contributed by atoms with E-state index in [1.165, 1.54) is 30.2 Å². The van der Waals surface area contributed by atoms with E-state index < -0.39 is 0 Å². The summed E-state index contributed by atoms with van der Waals surface area (Å²) in [6.07, 6.45) is 0. The van der Waals surface area contributed by atoms with Crippen LogP contribution in [0.3, 0.4) is 0 Å². The predicted octanol–water partition coefficient (Wildman–Crippen LogP) is 4.26. The van der Waals surface area contributed by atoms with Crippen LogP contribution >= 0.6 is 23.1 Å². The molecule has 0 saturated carbocycles. The summed E-state index contributed by atoms with van der Waals surface area (Å²) in [5.74, 6) is 0.314. The molecule has 0 atom stereocenters. The second-order valence-electron chi connectivity index (χ2n) is 5.30. The summed E-state index contributed by atoms with van der Waals surface area (Å²) in [5, 5.41) is 13.8. The summed E-state index contributed by atoms with van der Waals surface area (Å²) in [6, 6.07) is 16.0. The number of hydrogen-bond acceptors (Lipinski definition) is 7. The monoisotopic (exact) mass is 400 g/mol. The first-order chi connectivity index (χ1) is 13.1. The van der Waals surface area contributed by atoms with E-state index in [2.05, 4.69) is 25.6 Å². The van der Waals surface area contributed by atoms with Crippen LogP contribution in [0.1, 0.15) is 15.9 Å². The SMILES string of the molecule is COC(=O)c1ccc(CSc2nnc(NC(=O)Nc3ccccc3)s2)cc1. The van der Waals surface area contributed by atoms with Gasteiger partial charge in [0.2, 0.25) is 5.13 Å². The molecular formula is C18H16N4O3S2. The van der Waals surface area contributed by atoms with Crippen molar-refractivity contribution in [2.24, 2.45) is 0 Å². The molecule has 0 aliphatic rings. The Kier molecular flexibility index (Phi) is 6.39. The van der Waals surface area contributed by atoms with Crippen molar-refractivity contribution in [3.05, 3.63) is 65.7 Å². The molecule has 0 spiro atoms. The number of esters is 1. The number of thioether (sulfide) groups is 1. The minimum atomic E-state index is -0.368. The summed E-state index contributed by atoms with van der Waals surface area (Å²) in [6.45, 7) is 0. The van der Waals surface area contributed by atoms with Gasteiger partial charge in [-0.15, -0.1) is 10.2 Å². The van der Waals surface area contributed by atoms with Crippen molar-refractivity contribution in [2.75, 3.05) is 17.7 Å². The lowest BCUT2D eigenvalue weighted by Gasteiger charge is -2.04. The Hall–Kier alpha value is -2.91. The van der Waals surface area contributed by atoms with Crippen LogP contribution in [0.4, 0.5) is 15.6 Å². The quantitative estimate of drug-likeness (QED) is 0.365. The Labute approximate surface area is 164 Å². The van der Waals surface area contributed by atoms with Gasteiger partial charge in [-0.2, -0.15) is 0 Å². The molecule has 0 bridgehead atoms. The van der Waals surface area contributed by atoms with Gasteiger partial charge in [0.1, 0.15) is 0 Å². The van der Waals surface area contributed by atoms with Crippen molar-refractivity contribution >= 4 is 45.9 Å². The first-order valence-electron chi connectivity index (χ1n) is 7.90. The molecule has 2 amide bonds. The maximum Gasteiger partial charge on any atom is 0.337 e. The number of methoxy groups -OCH3 is 1. The zero-order chi connectivity index (χ0) is 19.1. The van der Waals surface area contributed by atoms with Gasteiger partial charge in [-0.3, -0.25) is 5.32 Å². The lowest BCUT2D eigenvalue weighted by molar-refractivity contribution is 0.0600. The fourth-order valence-corrected chi connectivity index (χ4v) is 3.80. The normalized spacial score (nSPS) is 10.3. The van der Waals surface area contributed by atoms with Crippen molar-refractivity contribution in [3.8, 4) is 0 Å². The van der Waals surface area contributed by atoms with E-state index in [0.29, 0.717) is 22.1 Å². The second kappa shape index (κ2) is 9.15. The Bertz CT molecular complexity index is 914. The standard InChI is InChI=1S/C18H16N4O3S2/c1-25-15(23)13-9-7-12(8-10-13)11-26-18-22-21-17(27-18)20-16(24)19-14-5-3-2-4-6-14/h2-10H,11H2,1H3,(H2,19,20,21,24). The highest BCUT2D eigenvalue weighted by molar-refractivity contribution is 8.00. The topological polar surface area (TPSA) is 93.2 Å². The van der Waals surface area contributed by atoms with Crippen molar-refractivity contribution in [1.82, 2.24) is 10.2 Å². The molecule has 7 nitrogen and oxygen atoms in total. The lowest BCUT2D eigenvalue weighted by atomic mass is 10.1. The zero-order valence-corrected chi connectivity index (χ0v) is 16.0. The fourth-order valence-electron chi connectivity index (χ4n) is 2.10. The molecule has 2 aromatic carbocycles. The summed E-state index contributed by atoms with van der Waals surface area (Å²) >= 11 is 2.80. The largest absolute Gasteiger partial charge is 0.465 e. The number of benzene rings is 2. The molecule has 2 N–H and O–H groups in total. The second-order valence-corrected chi connectivity index (χ2v) is 7.50. The van der Waals surface area contributed by atoms with Gasteiger partial charge < -0.3 is 10.1 Å². The number of carbonyl (C=O) groups is 2. The van der Waals surface area contributed by atoms with Crippen LogP contribution in [0.5, 0.6) is 0 Å². The number of aromatic nitrogens is 2. The lowest BCUT2D eigenvalue weighted by Crippen LogP contribution is -2.19. The minimum absolute atomic E-state index is 0.358. The molecule has 0 aliphatic carbocycles. The molecule has 1 aromatic heterocycles. The van der Waals surface area contributed by atoms with Crippen LogP contribution in [-0.2, 0) is 10.5 Å². The van der Waals surface area contributed by atoms with Crippen molar-refractivity contribution < 1.29 is 14.3 Å². The van der Waals surface area contributed by atoms with Gasteiger partial charge in [0.15, 0.2) is 4.34 Å². The van der Waals surface area contributed by atoms with E-state index in [0.717, 1.165) is 9.90 Å². The molecule has 1 heterocycles. The number of nitrogens with zero attached hydrogens (tertiary/aromatic N) is 2. The summed E-state index contributed by atoms with van der Waals surface area (Å²) in [4.78, 5) is 23.4. The van der Waals surface area contributed by atoms with Crippen LogP contribution < -0.4 is 10.6 Å². The van der Waals surface area contributed by atoms with Crippen molar-refractivity contribution in [3.63, 3.8) is 0 Å². The third-order valence-corrected chi connectivity index (χ3v) is 5.44. The number of amides is 2. The summed E-state index contributed by atoms with van der Waals surface area (Å²) < 4.78 is 5.41.